The van der Waals surface area contributed by atoms with Crippen LogP contribution in [0.5, 0.6) is 0 Å². The van der Waals surface area contributed by atoms with Gasteiger partial charge in [-0.2, -0.15) is 0 Å². The molecule has 0 saturated carbocycles. The van der Waals surface area contributed by atoms with Gasteiger partial charge in [-0.3, -0.25) is 9.59 Å². The Labute approximate surface area is 326 Å². The van der Waals surface area contributed by atoms with E-state index < -0.39 is 24.3 Å². The average molecular weight is 766 g/mol. The lowest BCUT2D eigenvalue weighted by Crippen LogP contribution is -2.52. The molecule has 56 heavy (non-hydrogen) atoms. The Bertz CT molecular complexity index is 2000. The Morgan fingerprint density at radius 1 is 0.732 bits per heavy atom. The van der Waals surface area contributed by atoms with Gasteiger partial charge in [-0.25, -0.2) is 14.6 Å². The van der Waals surface area contributed by atoms with Crippen molar-refractivity contribution in [1.82, 2.24) is 35.4 Å². The van der Waals surface area contributed by atoms with Gasteiger partial charge in [-0.05, 0) is 72.4 Å². The Morgan fingerprint density at radius 3 is 1.93 bits per heavy atom. The molecule has 3 aliphatic rings. The first-order chi connectivity index (χ1) is 27.1. The van der Waals surface area contributed by atoms with Crippen LogP contribution in [0, 0.1) is 11.8 Å². The molecule has 2 aromatic heterocycles. The van der Waals surface area contributed by atoms with E-state index in [1.54, 1.807) is 0 Å². The number of hydrogen-bond acceptors (Lipinski definition) is 8. The van der Waals surface area contributed by atoms with Gasteiger partial charge in [0.05, 0.1) is 44.8 Å². The van der Waals surface area contributed by atoms with Crippen LogP contribution < -0.4 is 10.6 Å². The summed E-state index contributed by atoms with van der Waals surface area (Å²) in [6, 6.07) is 19.1. The Kier molecular flexibility index (Phi) is 11.7. The average Bonchev–Trinajstić information content (AvgIpc) is 4.07. The van der Waals surface area contributed by atoms with E-state index in [1.165, 1.54) is 14.2 Å². The molecular weight excluding hydrogens is 715 g/mol. The lowest BCUT2D eigenvalue weighted by atomic mass is 9.97. The summed E-state index contributed by atoms with van der Waals surface area (Å²) in [6.45, 7) is 6.03. The first-order valence-electron chi connectivity index (χ1n) is 19.5. The fraction of sp³-hybridized carbons (Fsp3) is 0.452. The molecule has 14 nitrogen and oxygen atoms in total. The van der Waals surface area contributed by atoms with Crippen LogP contribution >= 0.6 is 0 Å². The predicted octanol–water partition coefficient (Wildman–Crippen LogP) is 6.21. The normalized spacial score (nSPS) is 20.6. The van der Waals surface area contributed by atoms with Crippen LogP contribution in [0.3, 0.4) is 0 Å². The fourth-order valence-electron chi connectivity index (χ4n) is 8.22. The minimum atomic E-state index is -0.719. The highest BCUT2D eigenvalue weighted by molar-refractivity contribution is 5.87. The number of likely N-dealkylation sites (tertiary alicyclic amines) is 2. The van der Waals surface area contributed by atoms with Crippen LogP contribution in [0.1, 0.15) is 69.6 Å². The third-order valence-corrected chi connectivity index (χ3v) is 11.3. The van der Waals surface area contributed by atoms with E-state index in [0.717, 1.165) is 70.8 Å². The molecule has 0 radical (unpaired) electrons. The molecule has 4 N–H and O–H groups in total. The number of carbonyl (C=O) groups is 4. The number of nitrogens with one attached hydrogen (secondary N) is 4. The second-order valence-corrected chi connectivity index (χ2v) is 15.1. The molecule has 2 aromatic carbocycles. The van der Waals surface area contributed by atoms with E-state index in [1.807, 2.05) is 42.0 Å². The van der Waals surface area contributed by atoms with Crippen molar-refractivity contribution in [3.05, 3.63) is 78.4 Å². The van der Waals surface area contributed by atoms with Crippen molar-refractivity contribution in [2.24, 2.45) is 11.8 Å². The molecule has 0 aliphatic carbocycles. The van der Waals surface area contributed by atoms with Gasteiger partial charge in [0.25, 0.3) is 0 Å². The van der Waals surface area contributed by atoms with Crippen LogP contribution in [-0.2, 0) is 23.8 Å². The summed E-state index contributed by atoms with van der Waals surface area (Å²) in [5.41, 5.74) is 6.96. The zero-order valence-corrected chi connectivity index (χ0v) is 32.4. The maximum atomic E-state index is 13.8. The maximum Gasteiger partial charge on any atom is 0.407 e. The van der Waals surface area contributed by atoms with Crippen LogP contribution in [0.4, 0.5) is 9.59 Å². The predicted molar refractivity (Wildman–Crippen MR) is 209 cm³/mol. The quantitative estimate of drug-likeness (QED) is 0.140. The topological polar surface area (TPSA) is 171 Å². The number of hydrogen-bond donors (Lipinski definition) is 4. The van der Waals surface area contributed by atoms with Crippen molar-refractivity contribution in [2.75, 3.05) is 40.5 Å². The number of ether oxygens (including phenoxy) is 3. The number of methoxy groups -OCH3 is 2. The van der Waals surface area contributed by atoms with Crippen molar-refractivity contribution < 1.29 is 33.4 Å². The number of rotatable bonds is 11. The molecule has 14 heteroatoms. The highest BCUT2D eigenvalue weighted by atomic mass is 16.5. The van der Waals surface area contributed by atoms with Gasteiger partial charge in [0.2, 0.25) is 11.8 Å². The van der Waals surface area contributed by atoms with E-state index in [0.29, 0.717) is 32.7 Å². The summed E-state index contributed by atoms with van der Waals surface area (Å²) in [4.78, 5) is 66.9. The molecule has 7 rings (SSSR count). The van der Waals surface area contributed by atoms with E-state index in [2.05, 4.69) is 69.1 Å². The van der Waals surface area contributed by atoms with Crippen molar-refractivity contribution in [3.8, 4) is 33.6 Å². The minimum Gasteiger partial charge on any atom is -0.453 e. The number of aromatic amines is 2. The highest BCUT2D eigenvalue weighted by Crippen LogP contribution is 2.36. The fourth-order valence-corrected chi connectivity index (χ4v) is 8.22. The minimum absolute atomic E-state index is 0.0856. The van der Waals surface area contributed by atoms with E-state index in [-0.39, 0.29) is 35.7 Å². The summed E-state index contributed by atoms with van der Waals surface area (Å²) < 4.78 is 15.1. The van der Waals surface area contributed by atoms with Crippen molar-refractivity contribution in [2.45, 2.75) is 70.1 Å². The van der Waals surface area contributed by atoms with E-state index in [4.69, 9.17) is 19.2 Å². The van der Waals surface area contributed by atoms with Gasteiger partial charge in [0.15, 0.2) is 0 Å². The molecule has 5 atom stereocenters. The summed E-state index contributed by atoms with van der Waals surface area (Å²) in [5.74, 6) is 0.282. The van der Waals surface area contributed by atoms with E-state index >= 15 is 0 Å². The number of imidazole rings is 1. The summed E-state index contributed by atoms with van der Waals surface area (Å²) in [5, 5.41) is 5.47. The molecule has 3 unspecified atom stereocenters. The van der Waals surface area contributed by atoms with Gasteiger partial charge in [-0.1, -0.05) is 62.4 Å². The highest BCUT2D eigenvalue weighted by Gasteiger charge is 2.41. The van der Waals surface area contributed by atoms with Crippen LogP contribution in [0.15, 0.2) is 66.9 Å². The van der Waals surface area contributed by atoms with Crippen molar-refractivity contribution >= 4 is 24.0 Å². The summed E-state index contributed by atoms with van der Waals surface area (Å²) in [6.07, 6.45) is 4.61. The molecule has 3 aliphatic heterocycles. The molecule has 4 amide bonds. The van der Waals surface area contributed by atoms with E-state index in [9.17, 15) is 19.2 Å². The SMILES string of the molecule is COC(=O)NC(C(=O)N1CCCC1c1ccc(-c2ccc(-c3ccc(-c4cnc([C@@H]5CCCN5C(=O)[C@@H](NC(=O)OC)C5CCOC5)[nH]4)cc3)cc2)[nH]1)C(C)C. The molecule has 5 heterocycles. The van der Waals surface area contributed by atoms with Gasteiger partial charge < -0.3 is 44.6 Å². The number of H-pyrrole nitrogens is 2. The number of carbonyl (C=O) groups excluding carboxylic acids is 4. The molecule has 296 valence electrons. The second-order valence-electron chi connectivity index (χ2n) is 15.1. The third-order valence-electron chi connectivity index (χ3n) is 11.3. The van der Waals surface area contributed by atoms with Gasteiger partial charge in [0.1, 0.15) is 17.9 Å². The molecule has 0 bridgehead atoms. The smallest absolute Gasteiger partial charge is 0.407 e. The zero-order chi connectivity index (χ0) is 39.3. The Balaban J connectivity index is 0.999. The first-order valence-corrected chi connectivity index (χ1v) is 19.5. The lowest BCUT2D eigenvalue weighted by molar-refractivity contribution is -0.136. The van der Waals surface area contributed by atoms with Gasteiger partial charge >= 0.3 is 12.2 Å². The third kappa shape index (κ3) is 8.15. The molecule has 3 saturated heterocycles. The molecule has 3 fully saturated rings. The number of benzene rings is 2. The Hall–Kier alpha value is -5.63. The molecule has 4 aromatic rings. The number of aromatic nitrogens is 3. The molecule has 0 spiro atoms. The summed E-state index contributed by atoms with van der Waals surface area (Å²) in [7, 11) is 2.59. The van der Waals surface area contributed by atoms with Crippen LogP contribution in [-0.4, -0.2) is 101 Å². The summed E-state index contributed by atoms with van der Waals surface area (Å²) >= 11 is 0. The van der Waals surface area contributed by atoms with Crippen molar-refractivity contribution in [1.29, 1.82) is 0 Å². The number of alkyl carbamates (subject to hydrolysis) is 2. The van der Waals surface area contributed by atoms with Crippen molar-refractivity contribution in [3.63, 3.8) is 0 Å². The Morgan fingerprint density at radius 2 is 1.32 bits per heavy atom. The van der Waals surface area contributed by atoms with Gasteiger partial charge in [-0.15, -0.1) is 0 Å². The number of amides is 4. The molecular formula is C42H51N7O7. The van der Waals surface area contributed by atoms with Crippen LogP contribution in [0.2, 0.25) is 0 Å². The monoisotopic (exact) mass is 765 g/mol. The number of nitrogens with zero attached hydrogens (tertiary/aromatic N) is 3. The maximum absolute atomic E-state index is 13.8. The lowest BCUT2D eigenvalue weighted by Gasteiger charge is -2.30. The van der Waals surface area contributed by atoms with Crippen LogP contribution in [0.25, 0.3) is 33.6 Å². The van der Waals surface area contributed by atoms with Gasteiger partial charge in [0, 0.05) is 37.0 Å². The largest absolute Gasteiger partial charge is 0.453 e. The second kappa shape index (κ2) is 17.0. The standard InChI is InChI=1S/C42H51N7O7/c1-25(2)36(46-41(52)54-3)39(50)48-20-5-7-34(48)32-18-17-31(44-32)28-13-9-26(10-14-28)27-11-15-29(16-12-27)33-23-43-38(45-33)35-8-6-21-49(35)40(51)37(47-42(53)55-4)30-19-22-56-24-30/h9-18,23,25,30,34-37,44H,5-8,19-22,24H2,1-4H3,(H,43,45)(H,46,52)(H,47,53)/t30?,34?,35-,36?,37-/m0/s1. The zero-order valence-electron chi connectivity index (χ0n) is 32.4. The first kappa shape index (κ1) is 38.6.